The van der Waals surface area contributed by atoms with E-state index in [4.69, 9.17) is 16.3 Å². The molecule has 0 radical (unpaired) electrons. The molecule has 0 saturated heterocycles. The summed E-state index contributed by atoms with van der Waals surface area (Å²) in [6, 6.07) is 5.15. The van der Waals surface area contributed by atoms with Gasteiger partial charge in [-0.25, -0.2) is 4.39 Å². The molecule has 1 amide bonds. The molecule has 0 aliphatic heterocycles. The summed E-state index contributed by atoms with van der Waals surface area (Å²) in [6.45, 7) is 1.64. The number of carbonyl (C=O) groups is 1. The number of alkyl halides is 1. The van der Waals surface area contributed by atoms with Crippen LogP contribution in [0.2, 0.25) is 0 Å². The van der Waals surface area contributed by atoms with Crippen LogP contribution in [0.3, 0.4) is 0 Å². The molecule has 0 aromatic heterocycles. The van der Waals surface area contributed by atoms with Crippen molar-refractivity contribution in [3.8, 4) is 5.75 Å². The quantitative estimate of drug-likeness (QED) is 0.864. The molecule has 1 aliphatic carbocycles. The Kier molecular flexibility index (Phi) is 4.30. The molecule has 0 bridgehead atoms. The van der Waals surface area contributed by atoms with Crippen molar-refractivity contribution < 1.29 is 13.9 Å². The molecule has 1 saturated carbocycles. The third-order valence-corrected chi connectivity index (χ3v) is 3.69. The molecular weight excluding hydrogens is 269 g/mol. The van der Waals surface area contributed by atoms with Gasteiger partial charge in [-0.2, -0.15) is 0 Å². The average Bonchev–Trinajstić information content (AvgIpc) is 2.32. The van der Waals surface area contributed by atoms with Crippen LogP contribution in [-0.2, 0) is 4.79 Å². The molecule has 1 atom stereocenters. The second-order valence-electron chi connectivity index (χ2n) is 4.88. The van der Waals surface area contributed by atoms with Crippen LogP contribution in [-0.4, -0.2) is 24.4 Å². The average molecular weight is 286 g/mol. The molecule has 3 nitrogen and oxygen atoms in total. The van der Waals surface area contributed by atoms with Crippen LogP contribution >= 0.6 is 11.6 Å². The fraction of sp³-hybridized carbons (Fsp3) is 0.500. The van der Waals surface area contributed by atoms with E-state index < -0.39 is 5.38 Å². The third-order valence-electron chi connectivity index (χ3n) is 3.49. The van der Waals surface area contributed by atoms with Crippen molar-refractivity contribution in [2.45, 2.75) is 37.1 Å². The van der Waals surface area contributed by atoms with Crippen LogP contribution in [0.15, 0.2) is 18.2 Å². The predicted molar refractivity (Wildman–Crippen MR) is 72.2 cm³/mol. The van der Waals surface area contributed by atoms with Crippen LogP contribution in [0.25, 0.3) is 0 Å². The Morgan fingerprint density at radius 3 is 2.74 bits per heavy atom. The zero-order chi connectivity index (χ0) is 14.0. The highest BCUT2D eigenvalue weighted by Crippen LogP contribution is 2.38. The van der Waals surface area contributed by atoms with Crippen molar-refractivity contribution in [3.63, 3.8) is 0 Å². The molecule has 0 heterocycles. The number of halogens is 2. The lowest BCUT2D eigenvalue weighted by molar-refractivity contribution is -0.121. The minimum Gasteiger partial charge on any atom is -0.494 e. The first-order chi connectivity index (χ1) is 9.01. The van der Waals surface area contributed by atoms with Crippen molar-refractivity contribution in [2.75, 3.05) is 7.11 Å². The maximum Gasteiger partial charge on any atom is 0.237 e. The van der Waals surface area contributed by atoms with E-state index in [1.54, 1.807) is 13.0 Å². The first-order valence-electron chi connectivity index (χ1n) is 6.29. The minimum atomic E-state index is -0.516. The fourth-order valence-electron chi connectivity index (χ4n) is 2.26. The topological polar surface area (TPSA) is 38.3 Å². The third kappa shape index (κ3) is 3.18. The molecule has 1 aromatic rings. The summed E-state index contributed by atoms with van der Waals surface area (Å²) >= 11 is 5.69. The van der Waals surface area contributed by atoms with E-state index in [0.29, 0.717) is 0 Å². The van der Waals surface area contributed by atoms with Crippen molar-refractivity contribution in [2.24, 2.45) is 0 Å². The van der Waals surface area contributed by atoms with E-state index in [1.807, 2.05) is 6.07 Å². The van der Waals surface area contributed by atoms with E-state index in [9.17, 15) is 9.18 Å². The first kappa shape index (κ1) is 14.1. The number of hydrogen-bond acceptors (Lipinski definition) is 2. The number of rotatable bonds is 4. The van der Waals surface area contributed by atoms with Crippen LogP contribution in [0, 0.1) is 5.82 Å². The second-order valence-corrected chi connectivity index (χ2v) is 5.54. The summed E-state index contributed by atoms with van der Waals surface area (Å²) in [7, 11) is 1.44. The largest absolute Gasteiger partial charge is 0.494 e. The molecule has 1 fully saturated rings. The van der Waals surface area contributed by atoms with Crippen LogP contribution in [0.1, 0.15) is 31.2 Å². The maximum atomic E-state index is 13.6. The molecule has 1 N–H and O–H groups in total. The molecule has 104 valence electrons. The Hall–Kier alpha value is -1.29. The lowest BCUT2D eigenvalue weighted by Crippen LogP contribution is -2.45. The van der Waals surface area contributed by atoms with Gasteiger partial charge in [0.15, 0.2) is 11.6 Å². The lowest BCUT2D eigenvalue weighted by Gasteiger charge is -2.36. The number of methoxy groups -OCH3 is 1. The Morgan fingerprint density at radius 2 is 2.21 bits per heavy atom. The van der Waals surface area contributed by atoms with Crippen molar-refractivity contribution in [3.05, 3.63) is 29.6 Å². The smallest absolute Gasteiger partial charge is 0.237 e. The van der Waals surface area contributed by atoms with Gasteiger partial charge in [0.2, 0.25) is 5.91 Å². The zero-order valence-electron chi connectivity index (χ0n) is 11.0. The van der Waals surface area contributed by atoms with E-state index in [0.717, 1.165) is 18.4 Å². The predicted octanol–water partition coefficient (Wildman–Crippen LogP) is 2.82. The monoisotopic (exact) mass is 285 g/mol. The summed E-state index contributed by atoms with van der Waals surface area (Å²) in [6.07, 6.45) is 1.64. The van der Waals surface area contributed by atoms with Crippen molar-refractivity contribution >= 4 is 17.5 Å². The van der Waals surface area contributed by atoms with E-state index in [-0.39, 0.29) is 29.4 Å². The Balaban J connectivity index is 1.90. The Morgan fingerprint density at radius 1 is 1.53 bits per heavy atom. The standard InChI is InChI=1S/C14H17ClFNO2/c1-8(15)14(18)17-11-5-10(6-11)9-3-4-13(19-2)12(16)7-9/h3-4,7-8,10-11H,5-6H2,1-2H3,(H,17,18). The molecule has 0 spiro atoms. The highest BCUT2D eigenvalue weighted by Gasteiger charge is 2.32. The van der Waals surface area contributed by atoms with Gasteiger partial charge in [0.05, 0.1) is 7.11 Å². The van der Waals surface area contributed by atoms with Crippen LogP contribution < -0.4 is 10.1 Å². The Labute approximate surface area is 117 Å². The van der Waals surface area contributed by atoms with Gasteiger partial charge in [-0.1, -0.05) is 6.07 Å². The normalized spacial score (nSPS) is 23.4. The van der Waals surface area contributed by atoms with Gasteiger partial charge in [-0.3, -0.25) is 4.79 Å². The number of amides is 1. The summed E-state index contributed by atoms with van der Waals surface area (Å²) in [4.78, 5) is 11.4. The second kappa shape index (κ2) is 5.78. The number of carbonyl (C=O) groups excluding carboxylic acids is 1. The molecule has 2 rings (SSSR count). The number of ether oxygens (including phenoxy) is 1. The summed E-state index contributed by atoms with van der Waals surface area (Å²) in [5.41, 5.74) is 0.947. The van der Waals surface area contributed by atoms with Gasteiger partial charge < -0.3 is 10.1 Å². The van der Waals surface area contributed by atoms with Gasteiger partial charge in [0, 0.05) is 6.04 Å². The molecule has 19 heavy (non-hydrogen) atoms. The van der Waals surface area contributed by atoms with E-state index in [2.05, 4.69) is 5.32 Å². The first-order valence-corrected chi connectivity index (χ1v) is 6.72. The summed E-state index contributed by atoms with van der Waals surface area (Å²) in [5, 5.41) is 2.35. The fourth-order valence-corrected chi connectivity index (χ4v) is 2.32. The Bertz CT molecular complexity index is 473. The lowest BCUT2D eigenvalue weighted by atomic mass is 9.76. The maximum absolute atomic E-state index is 13.6. The van der Waals surface area contributed by atoms with Crippen LogP contribution in [0.4, 0.5) is 4.39 Å². The van der Waals surface area contributed by atoms with Gasteiger partial charge >= 0.3 is 0 Å². The number of hydrogen-bond donors (Lipinski definition) is 1. The minimum absolute atomic E-state index is 0.142. The summed E-state index contributed by atoms with van der Waals surface area (Å²) < 4.78 is 18.5. The van der Waals surface area contributed by atoms with Crippen molar-refractivity contribution in [1.82, 2.24) is 5.32 Å². The van der Waals surface area contributed by atoms with E-state index in [1.165, 1.54) is 13.2 Å². The molecular formula is C14H17ClFNO2. The molecule has 1 aromatic carbocycles. The van der Waals surface area contributed by atoms with Gasteiger partial charge in [0.1, 0.15) is 5.38 Å². The highest BCUT2D eigenvalue weighted by atomic mass is 35.5. The molecule has 1 aliphatic rings. The molecule has 5 heteroatoms. The summed E-state index contributed by atoms with van der Waals surface area (Å²) in [5.74, 6) is 0.0492. The number of benzene rings is 1. The van der Waals surface area contributed by atoms with Gasteiger partial charge in [0.25, 0.3) is 0 Å². The van der Waals surface area contributed by atoms with Crippen LogP contribution in [0.5, 0.6) is 5.75 Å². The zero-order valence-corrected chi connectivity index (χ0v) is 11.7. The molecule has 1 unspecified atom stereocenters. The highest BCUT2D eigenvalue weighted by molar-refractivity contribution is 6.30. The van der Waals surface area contributed by atoms with Gasteiger partial charge in [-0.05, 0) is 43.4 Å². The van der Waals surface area contributed by atoms with Gasteiger partial charge in [-0.15, -0.1) is 11.6 Å². The van der Waals surface area contributed by atoms with Crippen molar-refractivity contribution in [1.29, 1.82) is 0 Å². The van der Waals surface area contributed by atoms with E-state index >= 15 is 0 Å². The SMILES string of the molecule is COc1ccc(C2CC(NC(=O)C(C)Cl)C2)cc1F. The number of nitrogens with one attached hydrogen (secondary N) is 1.